The van der Waals surface area contributed by atoms with Gasteiger partial charge in [-0.15, -0.1) is 0 Å². The van der Waals surface area contributed by atoms with Gasteiger partial charge in [-0.25, -0.2) is 0 Å². The monoisotopic (exact) mass is 445 g/mol. The Bertz CT molecular complexity index is 1140. The van der Waals surface area contributed by atoms with Crippen LogP contribution >= 0.6 is 0 Å². The Balaban J connectivity index is 1.84. The molecule has 1 aromatic heterocycles. The minimum Gasteiger partial charge on any atom is -0.326 e. The number of amides is 1. The van der Waals surface area contributed by atoms with Crippen molar-refractivity contribution in [2.75, 3.05) is 11.9 Å². The van der Waals surface area contributed by atoms with Crippen molar-refractivity contribution in [1.29, 1.82) is 0 Å². The summed E-state index contributed by atoms with van der Waals surface area (Å²) in [6.45, 7) is 13.7. The normalized spacial score (nSPS) is 11.5. The van der Waals surface area contributed by atoms with Crippen molar-refractivity contribution in [3.8, 4) is 0 Å². The summed E-state index contributed by atoms with van der Waals surface area (Å²) in [4.78, 5) is 17.8. The Labute approximate surface area is 197 Å². The molecule has 1 amide bonds. The second-order valence-electron chi connectivity index (χ2n) is 8.41. The number of aliphatic imine (C=N–C) groups is 1. The van der Waals surface area contributed by atoms with Gasteiger partial charge in [-0.2, -0.15) is 5.10 Å². The molecule has 0 aliphatic carbocycles. The zero-order valence-corrected chi connectivity index (χ0v) is 20.6. The molecule has 0 aliphatic rings. The molecule has 3 rings (SSSR count). The lowest BCUT2D eigenvalue weighted by molar-refractivity contribution is 0.0976. The van der Waals surface area contributed by atoms with E-state index in [0.29, 0.717) is 18.1 Å². The molecule has 0 fully saturated rings. The van der Waals surface area contributed by atoms with Gasteiger partial charge in [0.1, 0.15) is 0 Å². The van der Waals surface area contributed by atoms with Gasteiger partial charge in [0.05, 0.1) is 5.69 Å². The summed E-state index contributed by atoms with van der Waals surface area (Å²) < 4.78 is 2.02. The highest BCUT2D eigenvalue weighted by Crippen LogP contribution is 2.17. The van der Waals surface area contributed by atoms with Crippen molar-refractivity contribution >= 4 is 17.6 Å². The molecular weight excluding hydrogens is 410 g/mol. The van der Waals surface area contributed by atoms with Gasteiger partial charge in [0.15, 0.2) is 0 Å². The first-order valence-electron chi connectivity index (χ1n) is 11.6. The lowest BCUT2D eigenvalue weighted by Crippen LogP contribution is -2.36. The molecule has 0 bridgehead atoms. The van der Waals surface area contributed by atoms with Gasteiger partial charge in [0.2, 0.25) is 5.96 Å². The number of rotatable bonds is 7. The number of hydrogen-bond donors (Lipinski definition) is 2. The van der Waals surface area contributed by atoms with Gasteiger partial charge in [-0.3, -0.25) is 19.8 Å². The molecule has 3 aromatic rings. The number of nitrogens with zero attached hydrogens (tertiary/aromatic N) is 3. The van der Waals surface area contributed by atoms with E-state index in [1.54, 1.807) is 0 Å². The summed E-state index contributed by atoms with van der Waals surface area (Å²) in [7, 11) is 0. The van der Waals surface area contributed by atoms with E-state index in [1.807, 2.05) is 55.8 Å². The number of aryl methyl sites for hydroxylation is 5. The van der Waals surface area contributed by atoms with Crippen LogP contribution in [0.5, 0.6) is 0 Å². The third-order valence-corrected chi connectivity index (χ3v) is 5.83. The molecule has 0 atom stereocenters. The molecule has 0 radical (unpaired) electrons. The molecule has 0 unspecified atom stereocenters. The van der Waals surface area contributed by atoms with Gasteiger partial charge in [-0.05, 0) is 76.8 Å². The van der Waals surface area contributed by atoms with Gasteiger partial charge < -0.3 is 5.32 Å². The SMILES string of the molecule is CCc1ccccc1NC(=NCCc1c(C)nn(CC)c1C)NC(=O)c1cc(C)cc(C)c1. The summed E-state index contributed by atoms with van der Waals surface area (Å²) >= 11 is 0. The van der Waals surface area contributed by atoms with Gasteiger partial charge in [-0.1, -0.05) is 42.3 Å². The number of nitrogens with one attached hydrogen (secondary N) is 2. The molecule has 2 aromatic carbocycles. The van der Waals surface area contributed by atoms with E-state index in [2.05, 4.69) is 48.6 Å². The summed E-state index contributed by atoms with van der Waals surface area (Å²) in [6, 6.07) is 13.9. The maximum atomic E-state index is 13.0. The highest BCUT2D eigenvalue weighted by Gasteiger charge is 2.13. The Morgan fingerprint density at radius 1 is 1.03 bits per heavy atom. The van der Waals surface area contributed by atoms with Crippen molar-refractivity contribution in [2.45, 2.75) is 60.9 Å². The van der Waals surface area contributed by atoms with Crippen LogP contribution in [0, 0.1) is 27.7 Å². The molecular formula is C27H35N5O. The third-order valence-electron chi connectivity index (χ3n) is 5.83. The van der Waals surface area contributed by atoms with Gasteiger partial charge in [0, 0.05) is 30.0 Å². The number of carbonyl (C=O) groups excluding carboxylic acids is 1. The summed E-state index contributed by atoms with van der Waals surface area (Å²) in [5, 5.41) is 11.0. The summed E-state index contributed by atoms with van der Waals surface area (Å²) in [5.74, 6) is 0.284. The molecule has 0 saturated carbocycles. The van der Waals surface area contributed by atoms with E-state index < -0.39 is 0 Å². The fourth-order valence-electron chi connectivity index (χ4n) is 4.16. The number of carbonyl (C=O) groups is 1. The van der Waals surface area contributed by atoms with E-state index in [9.17, 15) is 4.79 Å². The topological polar surface area (TPSA) is 71.3 Å². The Hall–Kier alpha value is -3.41. The molecule has 6 heteroatoms. The maximum Gasteiger partial charge on any atom is 0.257 e. The van der Waals surface area contributed by atoms with Crippen LogP contribution in [0.3, 0.4) is 0 Å². The van der Waals surface area contributed by atoms with E-state index in [-0.39, 0.29) is 5.91 Å². The van der Waals surface area contributed by atoms with Crippen molar-refractivity contribution in [3.05, 3.63) is 81.7 Å². The third kappa shape index (κ3) is 6.09. The fraction of sp³-hybridized carbons (Fsp3) is 0.370. The van der Waals surface area contributed by atoms with E-state index >= 15 is 0 Å². The summed E-state index contributed by atoms with van der Waals surface area (Å²) in [6.07, 6.45) is 1.65. The molecule has 1 heterocycles. The largest absolute Gasteiger partial charge is 0.326 e. The maximum absolute atomic E-state index is 13.0. The van der Waals surface area contributed by atoms with Crippen molar-refractivity contribution < 1.29 is 4.79 Å². The van der Waals surface area contributed by atoms with Crippen LogP contribution in [-0.4, -0.2) is 28.2 Å². The standard InChI is InChI=1S/C27H35N5O/c1-7-22-11-9-10-12-25(22)29-27(30-26(33)23-16-18(3)15-19(4)17-23)28-14-13-24-20(5)31-32(8-2)21(24)6/h9-12,15-17H,7-8,13-14H2,1-6H3,(H2,28,29,30,33). The zero-order chi connectivity index (χ0) is 24.0. The highest BCUT2D eigenvalue weighted by atomic mass is 16.1. The fourth-order valence-corrected chi connectivity index (χ4v) is 4.16. The number of anilines is 1. The second-order valence-corrected chi connectivity index (χ2v) is 8.41. The first kappa shape index (κ1) is 24.2. The van der Waals surface area contributed by atoms with E-state index in [1.165, 1.54) is 16.8 Å². The summed E-state index contributed by atoms with van der Waals surface area (Å²) in [5.41, 5.74) is 8.29. The minimum absolute atomic E-state index is 0.173. The second kappa shape index (κ2) is 10.9. The smallest absolute Gasteiger partial charge is 0.257 e. The minimum atomic E-state index is -0.173. The van der Waals surface area contributed by atoms with Crippen LogP contribution < -0.4 is 10.6 Å². The van der Waals surface area contributed by atoms with Gasteiger partial charge in [0.25, 0.3) is 5.91 Å². The number of hydrogen-bond acceptors (Lipinski definition) is 3. The molecule has 174 valence electrons. The van der Waals surface area contributed by atoms with Crippen molar-refractivity contribution in [2.24, 2.45) is 4.99 Å². The van der Waals surface area contributed by atoms with Crippen LogP contribution in [0.25, 0.3) is 0 Å². The first-order valence-corrected chi connectivity index (χ1v) is 11.6. The molecule has 6 nitrogen and oxygen atoms in total. The van der Waals surface area contributed by atoms with Crippen LogP contribution in [-0.2, 0) is 19.4 Å². The Morgan fingerprint density at radius 2 is 1.73 bits per heavy atom. The lowest BCUT2D eigenvalue weighted by atomic mass is 10.1. The molecule has 0 saturated heterocycles. The number of benzene rings is 2. The predicted octanol–water partition coefficient (Wildman–Crippen LogP) is 5.14. The Kier molecular flexibility index (Phi) is 8.04. The number of aromatic nitrogens is 2. The van der Waals surface area contributed by atoms with Crippen LogP contribution in [0.15, 0.2) is 47.5 Å². The van der Waals surface area contributed by atoms with E-state index in [4.69, 9.17) is 4.99 Å². The number of para-hydroxylation sites is 1. The zero-order valence-electron chi connectivity index (χ0n) is 20.6. The van der Waals surface area contributed by atoms with Crippen molar-refractivity contribution in [3.63, 3.8) is 0 Å². The lowest BCUT2D eigenvalue weighted by Gasteiger charge is -2.15. The average molecular weight is 446 g/mol. The Morgan fingerprint density at radius 3 is 2.36 bits per heavy atom. The van der Waals surface area contributed by atoms with Crippen LogP contribution in [0.2, 0.25) is 0 Å². The molecule has 0 spiro atoms. The van der Waals surface area contributed by atoms with Gasteiger partial charge >= 0.3 is 0 Å². The van der Waals surface area contributed by atoms with Crippen LogP contribution in [0.4, 0.5) is 5.69 Å². The molecule has 33 heavy (non-hydrogen) atoms. The van der Waals surface area contributed by atoms with Crippen LogP contribution in [0.1, 0.15) is 57.8 Å². The quantitative estimate of drug-likeness (QED) is 0.391. The van der Waals surface area contributed by atoms with E-state index in [0.717, 1.165) is 41.9 Å². The average Bonchev–Trinajstić information content (AvgIpc) is 3.06. The number of guanidine groups is 1. The van der Waals surface area contributed by atoms with Crippen molar-refractivity contribution in [1.82, 2.24) is 15.1 Å². The first-order chi connectivity index (χ1) is 15.8. The highest BCUT2D eigenvalue weighted by molar-refractivity contribution is 6.10. The molecule has 2 N–H and O–H groups in total. The predicted molar refractivity (Wildman–Crippen MR) is 136 cm³/mol. The molecule has 0 aliphatic heterocycles.